The highest BCUT2D eigenvalue weighted by Crippen LogP contribution is 2.27. The van der Waals surface area contributed by atoms with Gasteiger partial charge in [-0.2, -0.15) is 5.10 Å². The van der Waals surface area contributed by atoms with Crippen LogP contribution in [0, 0.1) is 0 Å². The van der Waals surface area contributed by atoms with E-state index in [0.717, 1.165) is 22.5 Å². The first-order valence-electron chi connectivity index (χ1n) is 9.69. The van der Waals surface area contributed by atoms with Gasteiger partial charge in [0.2, 0.25) is 0 Å². The second kappa shape index (κ2) is 9.09. The molecular formula is C25H21N3O3. The van der Waals surface area contributed by atoms with Gasteiger partial charge in [-0.15, -0.1) is 0 Å². The Kier molecular flexibility index (Phi) is 5.89. The second-order valence-corrected chi connectivity index (χ2v) is 6.71. The van der Waals surface area contributed by atoms with Gasteiger partial charge in [-0.1, -0.05) is 18.2 Å². The van der Waals surface area contributed by atoms with Crippen LogP contribution >= 0.6 is 0 Å². The summed E-state index contributed by atoms with van der Waals surface area (Å²) in [7, 11) is 3.10. The summed E-state index contributed by atoms with van der Waals surface area (Å²) in [6.45, 7) is 0. The molecule has 2 aromatic heterocycles. The van der Waals surface area contributed by atoms with Crippen molar-refractivity contribution in [2.45, 2.75) is 0 Å². The number of pyridine rings is 1. The first kappa shape index (κ1) is 20.1. The number of nitrogens with zero attached hydrogens (tertiary/aromatic N) is 3. The molecule has 0 saturated heterocycles. The standard InChI is InChI=1S/C25H21N3O3/c1-30-21-9-10-22(24(16-21)31-2)23(29)11-8-19-17-28(20-6-4-3-5-7-20)27-25(19)18-12-14-26-15-13-18/h3-17H,1-2H3/b11-8+. The molecule has 2 heterocycles. The average molecular weight is 411 g/mol. The second-order valence-electron chi connectivity index (χ2n) is 6.71. The zero-order valence-corrected chi connectivity index (χ0v) is 17.2. The number of ether oxygens (including phenoxy) is 2. The van der Waals surface area contributed by atoms with Crippen molar-refractivity contribution in [3.05, 3.63) is 96.5 Å². The van der Waals surface area contributed by atoms with E-state index in [-0.39, 0.29) is 5.78 Å². The van der Waals surface area contributed by atoms with Crippen LogP contribution in [0.3, 0.4) is 0 Å². The first-order valence-corrected chi connectivity index (χ1v) is 9.69. The number of benzene rings is 2. The van der Waals surface area contributed by atoms with Crippen molar-refractivity contribution >= 4 is 11.9 Å². The van der Waals surface area contributed by atoms with Crippen molar-refractivity contribution in [1.29, 1.82) is 0 Å². The third-order valence-electron chi connectivity index (χ3n) is 4.81. The largest absolute Gasteiger partial charge is 0.497 e. The number of para-hydroxylation sites is 1. The fourth-order valence-corrected chi connectivity index (χ4v) is 3.21. The smallest absolute Gasteiger partial charge is 0.189 e. The number of rotatable bonds is 7. The predicted molar refractivity (Wildman–Crippen MR) is 120 cm³/mol. The number of carbonyl (C=O) groups excluding carboxylic acids is 1. The molecule has 0 fully saturated rings. The van der Waals surface area contributed by atoms with Gasteiger partial charge in [-0.25, -0.2) is 4.68 Å². The summed E-state index contributed by atoms with van der Waals surface area (Å²) in [4.78, 5) is 17.0. The molecule has 0 atom stereocenters. The van der Waals surface area contributed by atoms with E-state index in [1.165, 1.54) is 13.2 Å². The zero-order valence-electron chi connectivity index (χ0n) is 17.2. The molecule has 0 bridgehead atoms. The van der Waals surface area contributed by atoms with Gasteiger partial charge in [0.1, 0.15) is 17.2 Å². The summed E-state index contributed by atoms with van der Waals surface area (Å²) in [5.41, 5.74) is 3.88. The Morgan fingerprint density at radius 1 is 0.968 bits per heavy atom. The van der Waals surface area contributed by atoms with E-state index in [1.807, 2.05) is 48.7 Å². The molecule has 4 aromatic rings. The number of hydrogen-bond acceptors (Lipinski definition) is 5. The van der Waals surface area contributed by atoms with Crippen LogP contribution in [0.15, 0.2) is 85.3 Å². The molecule has 0 aliphatic carbocycles. The van der Waals surface area contributed by atoms with Crippen molar-refractivity contribution in [1.82, 2.24) is 14.8 Å². The first-order chi connectivity index (χ1) is 15.2. The molecular weight excluding hydrogens is 390 g/mol. The highest BCUT2D eigenvalue weighted by atomic mass is 16.5. The number of allylic oxidation sites excluding steroid dienone is 1. The average Bonchev–Trinajstić information content (AvgIpc) is 3.27. The third-order valence-corrected chi connectivity index (χ3v) is 4.81. The Hall–Kier alpha value is -4.19. The van der Waals surface area contributed by atoms with E-state index >= 15 is 0 Å². The van der Waals surface area contributed by atoms with E-state index in [4.69, 9.17) is 14.6 Å². The molecule has 0 radical (unpaired) electrons. The summed E-state index contributed by atoms with van der Waals surface area (Å²) >= 11 is 0. The van der Waals surface area contributed by atoms with Crippen molar-refractivity contribution in [2.75, 3.05) is 14.2 Å². The Labute approximate surface area is 180 Å². The molecule has 0 amide bonds. The topological polar surface area (TPSA) is 66.2 Å². The summed E-state index contributed by atoms with van der Waals surface area (Å²) < 4.78 is 12.4. The quantitative estimate of drug-likeness (QED) is 0.321. The lowest BCUT2D eigenvalue weighted by atomic mass is 10.1. The minimum atomic E-state index is -0.173. The van der Waals surface area contributed by atoms with Crippen molar-refractivity contribution < 1.29 is 14.3 Å². The molecule has 4 rings (SSSR count). The molecule has 0 aliphatic rings. The van der Waals surface area contributed by atoms with Crippen molar-refractivity contribution in [3.8, 4) is 28.4 Å². The number of carbonyl (C=O) groups is 1. The highest BCUT2D eigenvalue weighted by Gasteiger charge is 2.13. The minimum Gasteiger partial charge on any atom is -0.497 e. The van der Waals surface area contributed by atoms with Crippen molar-refractivity contribution in [2.24, 2.45) is 0 Å². The summed E-state index contributed by atoms with van der Waals surface area (Å²) in [6, 6.07) is 18.7. The molecule has 2 aromatic carbocycles. The molecule has 0 aliphatic heterocycles. The minimum absolute atomic E-state index is 0.173. The van der Waals surface area contributed by atoms with Crippen LogP contribution in [-0.4, -0.2) is 34.8 Å². The number of methoxy groups -OCH3 is 2. The van der Waals surface area contributed by atoms with Gasteiger partial charge < -0.3 is 9.47 Å². The Bertz CT molecular complexity index is 1220. The van der Waals surface area contributed by atoms with E-state index in [1.54, 1.807) is 48.5 Å². The maximum atomic E-state index is 12.9. The van der Waals surface area contributed by atoms with Crippen LogP contribution in [-0.2, 0) is 0 Å². The zero-order chi connectivity index (χ0) is 21.6. The van der Waals surface area contributed by atoms with Gasteiger partial charge in [0.15, 0.2) is 5.78 Å². The molecule has 0 N–H and O–H groups in total. The van der Waals surface area contributed by atoms with Crippen LogP contribution in [0.25, 0.3) is 23.0 Å². The number of ketones is 1. The van der Waals surface area contributed by atoms with Gasteiger partial charge >= 0.3 is 0 Å². The summed E-state index contributed by atoms with van der Waals surface area (Å²) in [6.07, 6.45) is 8.64. The highest BCUT2D eigenvalue weighted by molar-refractivity contribution is 6.09. The van der Waals surface area contributed by atoms with Crippen LogP contribution < -0.4 is 9.47 Å². The fraction of sp³-hybridized carbons (Fsp3) is 0.0800. The van der Waals surface area contributed by atoms with Crippen LogP contribution in [0.2, 0.25) is 0 Å². The molecule has 31 heavy (non-hydrogen) atoms. The summed E-state index contributed by atoms with van der Waals surface area (Å²) in [5.74, 6) is 0.914. The van der Waals surface area contributed by atoms with Gasteiger partial charge in [0.05, 0.1) is 25.5 Å². The predicted octanol–water partition coefficient (Wildman–Crippen LogP) is 4.85. The van der Waals surface area contributed by atoms with Crippen LogP contribution in [0.5, 0.6) is 11.5 Å². The van der Waals surface area contributed by atoms with E-state index in [9.17, 15) is 4.79 Å². The Morgan fingerprint density at radius 3 is 2.45 bits per heavy atom. The lowest BCUT2D eigenvalue weighted by Crippen LogP contribution is -1.99. The molecule has 0 spiro atoms. The molecule has 6 nitrogen and oxygen atoms in total. The lowest BCUT2D eigenvalue weighted by Gasteiger charge is -2.07. The van der Waals surface area contributed by atoms with E-state index in [2.05, 4.69) is 4.98 Å². The van der Waals surface area contributed by atoms with Gasteiger partial charge in [-0.3, -0.25) is 9.78 Å². The van der Waals surface area contributed by atoms with Gasteiger partial charge in [-0.05, 0) is 48.6 Å². The summed E-state index contributed by atoms with van der Waals surface area (Å²) in [5, 5.41) is 4.74. The van der Waals surface area contributed by atoms with E-state index < -0.39 is 0 Å². The normalized spacial score (nSPS) is 10.9. The maximum absolute atomic E-state index is 12.9. The monoisotopic (exact) mass is 411 g/mol. The maximum Gasteiger partial charge on any atom is 0.189 e. The van der Waals surface area contributed by atoms with Crippen molar-refractivity contribution in [3.63, 3.8) is 0 Å². The van der Waals surface area contributed by atoms with Crippen LogP contribution in [0.4, 0.5) is 0 Å². The molecule has 154 valence electrons. The third kappa shape index (κ3) is 4.38. The fourth-order valence-electron chi connectivity index (χ4n) is 3.21. The molecule has 0 saturated carbocycles. The lowest BCUT2D eigenvalue weighted by molar-refractivity contribution is 0.104. The molecule has 0 unspecified atom stereocenters. The Balaban J connectivity index is 1.71. The van der Waals surface area contributed by atoms with Gasteiger partial charge in [0, 0.05) is 35.8 Å². The van der Waals surface area contributed by atoms with Crippen LogP contribution in [0.1, 0.15) is 15.9 Å². The number of aromatic nitrogens is 3. The SMILES string of the molecule is COc1ccc(C(=O)/C=C/c2cn(-c3ccccc3)nc2-c2ccncc2)c(OC)c1. The number of hydrogen-bond donors (Lipinski definition) is 0. The molecule has 6 heteroatoms. The van der Waals surface area contributed by atoms with E-state index in [0.29, 0.717) is 17.1 Å². The van der Waals surface area contributed by atoms with Gasteiger partial charge in [0.25, 0.3) is 0 Å². The Morgan fingerprint density at radius 2 is 1.74 bits per heavy atom.